The number of methoxy groups -OCH3 is 1. The fourth-order valence-corrected chi connectivity index (χ4v) is 3.86. The van der Waals surface area contributed by atoms with Crippen LogP contribution in [0.15, 0.2) is 46.8 Å². The van der Waals surface area contributed by atoms with Crippen LogP contribution in [0.3, 0.4) is 0 Å². The molecule has 1 aliphatic heterocycles. The summed E-state index contributed by atoms with van der Waals surface area (Å²) in [6, 6.07) is 14.1. The van der Waals surface area contributed by atoms with Crippen molar-refractivity contribution in [2.45, 2.75) is 13.3 Å². The molecule has 1 fully saturated rings. The van der Waals surface area contributed by atoms with E-state index >= 15 is 0 Å². The molecule has 0 N–H and O–H groups in total. The van der Waals surface area contributed by atoms with Gasteiger partial charge >= 0.3 is 10.5 Å². The summed E-state index contributed by atoms with van der Waals surface area (Å²) < 4.78 is 36.8. The number of para-hydroxylation sites is 1. The predicted molar refractivity (Wildman–Crippen MR) is 114 cm³/mol. The van der Waals surface area contributed by atoms with Gasteiger partial charge in [0.2, 0.25) is 0 Å². The van der Waals surface area contributed by atoms with Crippen LogP contribution >= 0.6 is 0 Å². The van der Waals surface area contributed by atoms with Crippen LogP contribution in [-0.4, -0.2) is 59.8 Å². The maximum absolute atomic E-state index is 11.0. The minimum atomic E-state index is -2.55. The zero-order chi connectivity index (χ0) is 20.6. The highest BCUT2D eigenvalue weighted by molar-refractivity contribution is 7.61. The van der Waals surface area contributed by atoms with Crippen LogP contribution in [0.4, 0.5) is 11.4 Å². The van der Waals surface area contributed by atoms with Gasteiger partial charge in [-0.3, -0.25) is 4.90 Å². The van der Waals surface area contributed by atoms with Gasteiger partial charge in [0.1, 0.15) is 5.69 Å². The standard InChI is InChI=1S/C21H27N3O4S/c1-17-9-10-19(21(27-2)20(17)22-29(25)26)28-16-6-11-23-12-14-24(15-13-23)18-7-4-3-5-8-18/h3-5,7-10H,6,11-16H2,1-2H3. The minimum Gasteiger partial charge on any atom is -0.491 e. The summed E-state index contributed by atoms with van der Waals surface area (Å²) in [5, 5.41) is 0. The van der Waals surface area contributed by atoms with Crippen LogP contribution in [0, 0.1) is 6.92 Å². The molecule has 7 nitrogen and oxygen atoms in total. The maximum Gasteiger partial charge on any atom is 0.316 e. The topological polar surface area (TPSA) is 71.4 Å². The van der Waals surface area contributed by atoms with Crippen LogP contribution in [0.1, 0.15) is 12.0 Å². The maximum atomic E-state index is 11.0. The third-order valence-corrected chi connectivity index (χ3v) is 5.37. The van der Waals surface area contributed by atoms with Gasteiger partial charge in [0.05, 0.1) is 13.7 Å². The first-order chi connectivity index (χ1) is 14.1. The molecule has 0 bridgehead atoms. The lowest BCUT2D eigenvalue weighted by molar-refractivity contribution is 0.221. The van der Waals surface area contributed by atoms with Gasteiger partial charge in [0.25, 0.3) is 0 Å². The highest BCUT2D eigenvalue weighted by Crippen LogP contribution is 2.39. The number of nitrogens with zero attached hydrogens (tertiary/aromatic N) is 3. The number of anilines is 1. The summed E-state index contributed by atoms with van der Waals surface area (Å²) in [6.45, 7) is 7.37. The zero-order valence-corrected chi connectivity index (χ0v) is 17.7. The molecule has 0 aromatic heterocycles. The number of hydrogen-bond acceptors (Lipinski definition) is 7. The van der Waals surface area contributed by atoms with E-state index in [1.54, 1.807) is 19.1 Å². The molecule has 8 heteroatoms. The van der Waals surface area contributed by atoms with Gasteiger partial charge < -0.3 is 14.4 Å². The Hall–Kier alpha value is -2.58. The minimum absolute atomic E-state index is 0.287. The number of ether oxygens (including phenoxy) is 2. The van der Waals surface area contributed by atoms with E-state index in [9.17, 15) is 8.42 Å². The van der Waals surface area contributed by atoms with E-state index in [2.05, 4.69) is 38.4 Å². The fourth-order valence-electron chi connectivity index (χ4n) is 3.49. The Bertz CT molecular complexity index is 932. The zero-order valence-electron chi connectivity index (χ0n) is 16.9. The van der Waals surface area contributed by atoms with Gasteiger partial charge in [0, 0.05) is 38.4 Å². The molecule has 1 heterocycles. The summed E-state index contributed by atoms with van der Waals surface area (Å²) in [4.78, 5) is 4.85. The molecule has 3 rings (SSSR count). The van der Waals surface area contributed by atoms with Crippen molar-refractivity contribution in [1.82, 2.24) is 4.90 Å². The molecule has 0 spiro atoms. The Kier molecular flexibility index (Phi) is 7.48. The second-order valence-electron chi connectivity index (χ2n) is 6.94. The number of benzene rings is 2. The lowest BCUT2D eigenvalue weighted by atomic mass is 10.2. The van der Waals surface area contributed by atoms with Crippen molar-refractivity contribution in [3.05, 3.63) is 48.0 Å². The molecule has 1 aliphatic rings. The Morgan fingerprint density at radius 3 is 2.41 bits per heavy atom. The van der Waals surface area contributed by atoms with E-state index < -0.39 is 10.5 Å². The summed E-state index contributed by atoms with van der Waals surface area (Å²) in [6.07, 6.45) is 0.877. The molecule has 2 aromatic carbocycles. The van der Waals surface area contributed by atoms with Crippen molar-refractivity contribution in [3.8, 4) is 11.5 Å². The highest BCUT2D eigenvalue weighted by Gasteiger charge is 2.17. The van der Waals surface area contributed by atoms with Crippen LogP contribution in [0.5, 0.6) is 11.5 Å². The first kappa shape index (κ1) is 21.1. The highest BCUT2D eigenvalue weighted by atomic mass is 32.2. The lowest BCUT2D eigenvalue weighted by Gasteiger charge is -2.36. The van der Waals surface area contributed by atoms with Crippen LogP contribution in [0.25, 0.3) is 0 Å². The number of hydrogen-bond donors (Lipinski definition) is 0. The first-order valence-corrected chi connectivity index (χ1v) is 10.8. The van der Waals surface area contributed by atoms with Gasteiger partial charge in [-0.2, -0.15) is 8.42 Å². The molecule has 0 radical (unpaired) electrons. The summed E-state index contributed by atoms with van der Waals surface area (Å²) in [5.74, 6) is 0.863. The molecule has 1 saturated heterocycles. The van der Waals surface area contributed by atoms with E-state index in [1.807, 2.05) is 6.07 Å². The molecule has 0 saturated carbocycles. The van der Waals surface area contributed by atoms with Gasteiger partial charge in [-0.1, -0.05) is 24.3 Å². The van der Waals surface area contributed by atoms with Gasteiger partial charge in [0.15, 0.2) is 11.5 Å². The molecular formula is C21H27N3O4S. The van der Waals surface area contributed by atoms with E-state index in [0.717, 1.165) is 44.7 Å². The average Bonchev–Trinajstić information content (AvgIpc) is 2.74. The second-order valence-corrected chi connectivity index (χ2v) is 7.55. The molecule has 0 atom stereocenters. The van der Waals surface area contributed by atoms with E-state index in [-0.39, 0.29) is 5.69 Å². The van der Waals surface area contributed by atoms with Gasteiger partial charge in [-0.25, -0.2) is 0 Å². The molecule has 0 amide bonds. The van der Waals surface area contributed by atoms with E-state index in [0.29, 0.717) is 18.1 Å². The third-order valence-electron chi connectivity index (χ3n) is 5.04. The quantitative estimate of drug-likeness (QED) is 0.614. The Balaban J connectivity index is 1.48. The van der Waals surface area contributed by atoms with Crippen molar-refractivity contribution >= 4 is 21.9 Å². The van der Waals surface area contributed by atoms with Crippen LogP contribution in [0.2, 0.25) is 0 Å². The van der Waals surface area contributed by atoms with Crippen molar-refractivity contribution in [2.75, 3.05) is 51.3 Å². The van der Waals surface area contributed by atoms with Gasteiger partial charge in [-0.05, 0) is 37.1 Å². The first-order valence-electron chi connectivity index (χ1n) is 9.72. The molecule has 0 aliphatic carbocycles. The van der Waals surface area contributed by atoms with Crippen molar-refractivity contribution < 1.29 is 17.9 Å². The van der Waals surface area contributed by atoms with Crippen molar-refractivity contribution in [3.63, 3.8) is 0 Å². The Morgan fingerprint density at radius 1 is 1.03 bits per heavy atom. The monoisotopic (exact) mass is 417 g/mol. The average molecular weight is 418 g/mol. The normalized spacial score (nSPS) is 14.5. The fraction of sp³-hybridized carbons (Fsp3) is 0.429. The largest absolute Gasteiger partial charge is 0.491 e. The molecule has 2 aromatic rings. The Labute approximate surface area is 173 Å². The number of piperazine rings is 1. The molecule has 0 unspecified atom stereocenters. The molecule has 29 heavy (non-hydrogen) atoms. The van der Waals surface area contributed by atoms with E-state index in [1.165, 1.54) is 12.8 Å². The molecular weight excluding hydrogens is 390 g/mol. The third kappa shape index (κ3) is 5.71. The Morgan fingerprint density at radius 2 is 1.76 bits per heavy atom. The van der Waals surface area contributed by atoms with Crippen molar-refractivity contribution in [2.24, 2.45) is 4.36 Å². The number of aryl methyl sites for hydroxylation is 1. The van der Waals surface area contributed by atoms with Crippen molar-refractivity contribution in [1.29, 1.82) is 0 Å². The molecule has 156 valence electrons. The predicted octanol–water partition coefficient (Wildman–Crippen LogP) is 3.29. The van der Waals surface area contributed by atoms with E-state index in [4.69, 9.17) is 9.47 Å². The summed E-state index contributed by atoms with van der Waals surface area (Å²) >= 11 is 0. The van der Waals surface area contributed by atoms with Crippen LogP contribution < -0.4 is 14.4 Å². The summed E-state index contributed by atoms with van der Waals surface area (Å²) in [5.41, 5.74) is 2.28. The summed E-state index contributed by atoms with van der Waals surface area (Å²) in [7, 11) is -1.06. The lowest BCUT2D eigenvalue weighted by Crippen LogP contribution is -2.46. The van der Waals surface area contributed by atoms with Crippen LogP contribution in [-0.2, 0) is 10.5 Å². The second kappa shape index (κ2) is 10.3. The SMILES string of the molecule is COc1c(OCCCN2CCN(c3ccccc3)CC2)ccc(C)c1N=S(=O)=O. The van der Waals surface area contributed by atoms with Gasteiger partial charge in [-0.15, -0.1) is 4.36 Å². The smallest absolute Gasteiger partial charge is 0.316 e. The number of rotatable bonds is 8.